The van der Waals surface area contributed by atoms with Gasteiger partial charge in [0, 0.05) is 36.3 Å². The smallest absolute Gasteiger partial charge is 0.428 e. The highest BCUT2D eigenvalue weighted by molar-refractivity contribution is 5.93. The molecule has 168 valence electrons. The third-order valence-corrected chi connectivity index (χ3v) is 3.94. The number of hydrogen-bond donors (Lipinski definition) is 3. The van der Waals surface area contributed by atoms with E-state index in [1.165, 1.54) is 30.6 Å². The number of rotatable bonds is 9. The highest BCUT2D eigenvalue weighted by Crippen LogP contribution is 2.29. The van der Waals surface area contributed by atoms with Gasteiger partial charge in [-0.05, 0) is 30.3 Å². The first-order valence-corrected chi connectivity index (χ1v) is 9.19. The van der Waals surface area contributed by atoms with E-state index in [0.717, 1.165) is 12.1 Å². The Hall–Kier alpha value is -3.80. The summed E-state index contributed by atoms with van der Waals surface area (Å²) < 4.78 is 55.0. The van der Waals surface area contributed by atoms with E-state index < -0.39 is 24.2 Å². The Bertz CT molecular complexity index is 1080. The van der Waals surface area contributed by atoms with Gasteiger partial charge in [0.15, 0.2) is 0 Å². The summed E-state index contributed by atoms with van der Waals surface area (Å²) in [5.41, 5.74) is 1.32. The molecule has 0 unspecified atom stereocenters. The van der Waals surface area contributed by atoms with Gasteiger partial charge in [-0.2, -0.15) is 17.6 Å². The minimum atomic E-state index is -4.63. The Kier molecular flexibility index (Phi) is 7.15. The largest absolute Gasteiger partial charge is 0.461 e. The molecule has 0 atom stereocenters. The van der Waals surface area contributed by atoms with Crippen LogP contribution in [0.4, 0.5) is 29.2 Å². The van der Waals surface area contributed by atoms with Crippen LogP contribution in [0.3, 0.4) is 0 Å². The number of carbonyl (C=O) groups excluding carboxylic acids is 1. The molecule has 3 N–H and O–H groups in total. The summed E-state index contributed by atoms with van der Waals surface area (Å²) in [6.45, 7) is -0.128. The zero-order chi connectivity index (χ0) is 23.1. The maximum Gasteiger partial charge on any atom is 0.461 e. The second kappa shape index (κ2) is 10.0. The SMILES string of the molecule is O=C(NCCO)c1cc(-c2ccnc(Nc3cccc(OC(F)(F)C(F)F)c3)n2)ccn1. The third-order valence-electron chi connectivity index (χ3n) is 3.94. The van der Waals surface area contributed by atoms with Crippen molar-refractivity contribution in [3.05, 3.63) is 60.6 Å². The molecule has 3 aromatic rings. The highest BCUT2D eigenvalue weighted by Gasteiger charge is 2.44. The van der Waals surface area contributed by atoms with E-state index >= 15 is 0 Å². The highest BCUT2D eigenvalue weighted by atomic mass is 19.3. The number of aromatic nitrogens is 3. The van der Waals surface area contributed by atoms with Crippen LogP contribution in [0.2, 0.25) is 0 Å². The van der Waals surface area contributed by atoms with Crippen LogP contribution in [0.1, 0.15) is 10.5 Å². The lowest BCUT2D eigenvalue weighted by atomic mass is 10.1. The van der Waals surface area contributed by atoms with E-state index in [1.54, 1.807) is 12.1 Å². The Morgan fingerprint density at radius 2 is 1.91 bits per heavy atom. The normalized spacial score (nSPS) is 11.3. The molecule has 0 aliphatic heterocycles. The quantitative estimate of drug-likeness (QED) is 0.429. The number of aliphatic hydroxyl groups excluding tert-OH is 1. The average Bonchev–Trinajstić information content (AvgIpc) is 2.77. The van der Waals surface area contributed by atoms with Gasteiger partial charge < -0.3 is 20.5 Å². The van der Waals surface area contributed by atoms with Crippen molar-refractivity contribution in [3.63, 3.8) is 0 Å². The van der Waals surface area contributed by atoms with Gasteiger partial charge >= 0.3 is 12.5 Å². The molecule has 1 aromatic carbocycles. The monoisotopic (exact) mass is 451 g/mol. The van der Waals surface area contributed by atoms with Crippen LogP contribution in [0, 0.1) is 0 Å². The van der Waals surface area contributed by atoms with Gasteiger partial charge in [-0.25, -0.2) is 9.97 Å². The number of aliphatic hydroxyl groups is 1. The van der Waals surface area contributed by atoms with Crippen LogP contribution in [-0.4, -0.2) is 51.7 Å². The number of hydrogen-bond acceptors (Lipinski definition) is 7. The molecule has 1 amide bonds. The number of alkyl halides is 4. The molecule has 0 spiro atoms. The fourth-order valence-electron chi connectivity index (χ4n) is 2.52. The molecule has 0 aliphatic rings. The Morgan fingerprint density at radius 1 is 1.12 bits per heavy atom. The number of amides is 1. The number of nitrogens with one attached hydrogen (secondary N) is 2. The maximum absolute atomic E-state index is 13.1. The molecule has 0 bridgehead atoms. The summed E-state index contributed by atoms with van der Waals surface area (Å²) >= 11 is 0. The van der Waals surface area contributed by atoms with E-state index in [9.17, 15) is 22.4 Å². The Morgan fingerprint density at radius 3 is 2.66 bits per heavy atom. The molecular formula is C20H17F4N5O3. The molecule has 0 fully saturated rings. The van der Waals surface area contributed by atoms with E-state index in [4.69, 9.17) is 5.11 Å². The van der Waals surface area contributed by atoms with Gasteiger partial charge in [0.25, 0.3) is 5.91 Å². The molecule has 0 saturated heterocycles. The summed E-state index contributed by atoms with van der Waals surface area (Å²) in [6.07, 6.45) is -5.75. The molecule has 32 heavy (non-hydrogen) atoms. The van der Waals surface area contributed by atoms with Crippen LogP contribution < -0.4 is 15.4 Å². The first-order chi connectivity index (χ1) is 15.3. The van der Waals surface area contributed by atoms with Crippen molar-refractivity contribution in [3.8, 4) is 17.0 Å². The van der Waals surface area contributed by atoms with Crippen molar-refractivity contribution in [2.45, 2.75) is 12.5 Å². The van der Waals surface area contributed by atoms with Crippen molar-refractivity contribution < 1.29 is 32.2 Å². The number of carbonyl (C=O) groups is 1. The predicted octanol–water partition coefficient (Wildman–Crippen LogP) is 3.24. The van der Waals surface area contributed by atoms with Gasteiger partial charge in [0.2, 0.25) is 5.95 Å². The second-order valence-electron chi connectivity index (χ2n) is 6.29. The van der Waals surface area contributed by atoms with Crippen LogP contribution in [0.15, 0.2) is 54.9 Å². The zero-order valence-electron chi connectivity index (χ0n) is 16.3. The van der Waals surface area contributed by atoms with Gasteiger partial charge in [-0.1, -0.05) is 6.07 Å². The van der Waals surface area contributed by atoms with Crippen molar-refractivity contribution in [2.75, 3.05) is 18.5 Å². The second-order valence-corrected chi connectivity index (χ2v) is 6.29. The van der Waals surface area contributed by atoms with Crippen molar-refractivity contribution >= 4 is 17.5 Å². The first kappa shape index (κ1) is 22.9. The van der Waals surface area contributed by atoms with Gasteiger partial charge in [-0.3, -0.25) is 9.78 Å². The number of anilines is 2. The molecule has 0 saturated carbocycles. The Balaban J connectivity index is 1.78. The van der Waals surface area contributed by atoms with Gasteiger partial charge in [-0.15, -0.1) is 0 Å². The predicted molar refractivity (Wildman–Crippen MR) is 106 cm³/mol. The van der Waals surface area contributed by atoms with E-state index in [-0.39, 0.29) is 30.5 Å². The molecule has 0 radical (unpaired) electrons. The van der Waals surface area contributed by atoms with Crippen LogP contribution in [0.5, 0.6) is 5.75 Å². The number of halogens is 4. The zero-order valence-corrected chi connectivity index (χ0v) is 16.3. The number of benzene rings is 1. The van der Waals surface area contributed by atoms with E-state index in [1.807, 2.05) is 0 Å². The average molecular weight is 451 g/mol. The summed E-state index contributed by atoms with van der Waals surface area (Å²) in [6, 6.07) is 9.73. The minimum Gasteiger partial charge on any atom is -0.428 e. The van der Waals surface area contributed by atoms with Crippen LogP contribution in [0.25, 0.3) is 11.3 Å². The van der Waals surface area contributed by atoms with Gasteiger partial charge in [0.05, 0.1) is 12.3 Å². The Labute approximate surface area is 179 Å². The lowest BCUT2D eigenvalue weighted by molar-refractivity contribution is -0.253. The number of ether oxygens (including phenoxy) is 1. The fraction of sp³-hybridized carbons (Fsp3) is 0.200. The summed E-state index contributed by atoms with van der Waals surface area (Å²) in [4.78, 5) is 24.3. The molecule has 0 aliphatic carbocycles. The van der Waals surface area contributed by atoms with E-state index in [0.29, 0.717) is 11.3 Å². The van der Waals surface area contributed by atoms with Crippen LogP contribution in [-0.2, 0) is 0 Å². The minimum absolute atomic E-state index is 0.0817. The standard InChI is InChI=1S/C20H17F4N5O3/c21-18(22)20(23,24)32-14-3-1-2-13(11-14)28-19-27-7-5-15(29-19)12-4-6-25-16(10-12)17(31)26-8-9-30/h1-7,10-11,18,30H,8-9H2,(H,26,31)(H,27,28,29). The first-order valence-electron chi connectivity index (χ1n) is 9.19. The molecule has 3 rings (SSSR count). The van der Waals surface area contributed by atoms with Gasteiger partial charge in [0.1, 0.15) is 11.4 Å². The number of pyridine rings is 1. The van der Waals surface area contributed by atoms with Crippen LogP contribution >= 0.6 is 0 Å². The third kappa shape index (κ3) is 5.88. The fourth-order valence-corrected chi connectivity index (χ4v) is 2.52. The topological polar surface area (TPSA) is 109 Å². The molecule has 8 nitrogen and oxygen atoms in total. The molecule has 2 aromatic heterocycles. The lowest BCUT2D eigenvalue weighted by Gasteiger charge is -2.17. The summed E-state index contributed by atoms with van der Waals surface area (Å²) in [5.74, 6) is -0.849. The number of nitrogens with zero attached hydrogens (tertiary/aromatic N) is 3. The van der Waals surface area contributed by atoms with Crippen molar-refractivity contribution in [2.24, 2.45) is 0 Å². The molecule has 12 heteroatoms. The molecule has 2 heterocycles. The van der Waals surface area contributed by atoms with Crippen molar-refractivity contribution in [1.29, 1.82) is 0 Å². The van der Waals surface area contributed by atoms with Crippen molar-refractivity contribution in [1.82, 2.24) is 20.3 Å². The molecular weight excluding hydrogens is 434 g/mol. The summed E-state index contributed by atoms with van der Waals surface area (Å²) in [7, 11) is 0. The maximum atomic E-state index is 13.1. The summed E-state index contributed by atoms with van der Waals surface area (Å²) in [5, 5.41) is 14.1. The van der Waals surface area contributed by atoms with E-state index in [2.05, 4.69) is 30.3 Å². The lowest BCUT2D eigenvalue weighted by Crippen LogP contribution is -2.33.